The molecule has 1 aromatic rings. The summed E-state index contributed by atoms with van der Waals surface area (Å²) in [5, 5.41) is 11.2. The van der Waals surface area contributed by atoms with E-state index in [1.54, 1.807) is 0 Å². The topological polar surface area (TPSA) is 86.7 Å². The Hall–Kier alpha value is -2.51. The fourth-order valence-electron chi connectivity index (χ4n) is 2.49. The van der Waals surface area contributed by atoms with Crippen molar-refractivity contribution in [2.45, 2.75) is 12.8 Å². The lowest BCUT2D eigenvalue weighted by molar-refractivity contribution is -0.156. The first-order valence-electron chi connectivity index (χ1n) is 7.01. The van der Waals surface area contributed by atoms with Crippen LogP contribution in [0.3, 0.4) is 0 Å². The van der Waals surface area contributed by atoms with E-state index in [9.17, 15) is 23.2 Å². The molecule has 0 aliphatic heterocycles. The van der Waals surface area contributed by atoms with Crippen LogP contribution in [-0.2, 0) is 14.4 Å². The third kappa shape index (κ3) is 4.02. The van der Waals surface area contributed by atoms with E-state index < -0.39 is 41.3 Å². The van der Waals surface area contributed by atoms with Gasteiger partial charge in [0.25, 0.3) is 0 Å². The Morgan fingerprint density at radius 2 is 1.74 bits per heavy atom. The van der Waals surface area contributed by atoms with Gasteiger partial charge in [-0.25, -0.2) is 8.78 Å². The van der Waals surface area contributed by atoms with Gasteiger partial charge in [0.2, 0.25) is 11.8 Å². The number of amides is 2. The molecule has 6 nitrogen and oxygen atoms in total. The number of hydrogen-bond acceptors (Lipinski definition) is 3. The number of carbonyl (C=O) groups is 3. The molecule has 0 radical (unpaired) electrons. The molecular formula is C15H16F2N2O4. The van der Waals surface area contributed by atoms with Gasteiger partial charge in [0.15, 0.2) is 0 Å². The highest BCUT2D eigenvalue weighted by Gasteiger charge is 2.42. The minimum Gasteiger partial charge on any atom is -0.481 e. The van der Waals surface area contributed by atoms with Crippen molar-refractivity contribution in [1.29, 1.82) is 0 Å². The molecule has 1 aliphatic carbocycles. The molecule has 0 saturated heterocycles. The largest absolute Gasteiger partial charge is 0.481 e. The number of likely N-dealkylation sites (N-methyl/N-ethyl adjacent to an activating group) is 1. The Morgan fingerprint density at radius 3 is 2.22 bits per heavy atom. The smallest absolute Gasteiger partial charge is 0.307 e. The van der Waals surface area contributed by atoms with Gasteiger partial charge in [-0.05, 0) is 25.0 Å². The number of aliphatic carboxylic acids is 1. The number of benzene rings is 1. The summed E-state index contributed by atoms with van der Waals surface area (Å²) in [4.78, 5) is 36.0. The monoisotopic (exact) mass is 326 g/mol. The molecule has 0 aromatic heterocycles. The second kappa shape index (κ2) is 6.72. The normalized spacial score (nSPS) is 19.6. The summed E-state index contributed by atoms with van der Waals surface area (Å²) in [6.45, 7) is -0.334. The molecule has 23 heavy (non-hydrogen) atoms. The maximum absolute atomic E-state index is 13.0. The first-order chi connectivity index (χ1) is 10.8. The first-order valence-corrected chi connectivity index (χ1v) is 7.01. The van der Waals surface area contributed by atoms with E-state index in [0.29, 0.717) is 18.9 Å². The van der Waals surface area contributed by atoms with Crippen molar-refractivity contribution in [3.8, 4) is 0 Å². The standard InChI is InChI=1S/C15H16F2N2O4/c1-19(14(21)11-2-3-12(11)15(22)23)7-13(20)18-10-5-8(16)4-9(17)6-10/h4-6,11-12H,2-3,7H2,1H3,(H,18,20)(H,22,23). The van der Waals surface area contributed by atoms with Crippen molar-refractivity contribution in [3.05, 3.63) is 29.8 Å². The van der Waals surface area contributed by atoms with Crippen LogP contribution in [0.5, 0.6) is 0 Å². The minimum absolute atomic E-state index is 0.0552. The number of carboxylic acids is 1. The third-order valence-electron chi connectivity index (χ3n) is 3.81. The highest BCUT2D eigenvalue weighted by molar-refractivity contribution is 5.95. The SMILES string of the molecule is CN(CC(=O)Nc1cc(F)cc(F)c1)C(=O)C1CCC1C(=O)O. The summed E-state index contributed by atoms with van der Waals surface area (Å²) in [5.74, 6) is -5.09. The van der Waals surface area contributed by atoms with Crippen LogP contribution in [0.25, 0.3) is 0 Å². The van der Waals surface area contributed by atoms with E-state index >= 15 is 0 Å². The lowest BCUT2D eigenvalue weighted by Gasteiger charge is -2.34. The van der Waals surface area contributed by atoms with Gasteiger partial charge >= 0.3 is 5.97 Å². The van der Waals surface area contributed by atoms with Crippen molar-refractivity contribution in [2.75, 3.05) is 18.9 Å². The number of carbonyl (C=O) groups excluding carboxylic acids is 2. The molecule has 2 rings (SSSR count). The molecule has 1 saturated carbocycles. The van der Waals surface area contributed by atoms with E-state index in [1.165, 1.54) is 7.05 Å². The Morgan fingerprint density at radius 1 is 1.17 bits per heavy atom. The summed E-state index contributed by atoms with van der Waals surface area (Å²) in [6, 6.07) is 2.58. The highest BCUT2D eigenvalue weighted by atomic mass is 19.1. The van der Waals surface area contributed by atoms with Crippen molar-refractivity contribution >= 4 is 23.5 Å². The molecule has 1 fully saturated rings. The average molecular weight is 326 g/mol. The van der Waals surface area contributed by atoms with Crippen molar-refractivity contribution in [1.82, 2.24) is 4.90 Å². The quantitative estimate of drug-likeness (QED) is 0.858. The van der Waals surface area contributed by atoms with Gasteiger partial charge in [-0.2, -0.15) is 0 Å². The van der Waals surface area contributed by atoms with Gasteiger partial charge in [-0.15, -0.1) is 0 Å². The molecule has 2 N–H and O–H groups in total. The molecule has 8 heteroatoms. The third-order valence-corrected chi connectivity index (χ3v) is 3.81. The van der Waals surface area contributed by atoms with Gasteiger partial charge < -0.3 is 15.3 Å². The molecule has 2 atom stereocenters. The highest BCUT2D eigenvalue weighted by Crippen LogP contribution is 2.35. The predicted octanol–water partition coefficient (Wildman–Crippen LogP) is 1.47. The fraction of sp³-hybridized carbons (Fsp3) is 0.400. The van der Waals surface area contributed by atoms with Gasteiger partial charge in [0.1, 0.15) is 11.6 Å². The Labute approximate surface area is 131 Å². The first kappa shape index (κ1) is 16.9. The summed E-state index contributed by atoms with van der Waals surface area (Å²) >= 11 is 0. The maximum atomic E-state index is 13.0. The summed E-state index contributed by atoms with van der Waals surface area (Å²) in [6.07, 6.45) is 0.908. The van der Waals surface area contributed by atoms with Crippen molar-refractivity contribution in [2.24, 2.45) is 11.8 Å². The molecular weight excluding hydrogens is 310 g/mol. The zero-order valence-electron chi connectivity index (χ0n) is 12.4. The number of anilines is 1. The molecule has 0 spiro atoms. The number of carboxylic acid groups (broad SMARTS) is 1. The van der Waals surface area contributed by atoms with Crippen LogP contribution in [0.1, 0.15) is 12.8 Å². The molecule has 0 bridgehead atoms. The van der Waals surface area contributed by atoms with E-state index in [1.807, 2.05) is 0 Å². The average Bonchev–Trinajstić information content (AvgIpc) is 2.34. The van der Waals surface area contributed by atoms with Gasteiger partial charge in [0.05, 0.1) is 18.4 Å². The molecule has 1 aromatic carbocycles. The fourth-order valence-corrected chi connectivity index (χ4v) is 2.49. The minimum atomic E-state index is -1.03. The van der Waals surface area contributed by atoms with Crippen LogP contribution in [0.15, 0.2) is 18.2 Å². The summed E-state index contributed by atoms with van der Waals surface area (Å²) in [5.41, 5.74) is -0.0552. The number of halogens is 2. The van der Waals surface area contributed by atoms with E-state index in [0.717, 1.165) is 17.0 Å². The molecule has 2 amide bonds. The van der Waals surface area contributed by atoms with Crippen LogP contribution in [-0.4, -0.2) is 41.4 Å². The Bertz CT molecular complexity index is 630. The predicted molar refractivity (Wildman–Crippen MR) is 76.5 cm³/mol. The molecule has 124 valence electrons. The molecule has 2 unspecified atom stereocenters. The Kier molecular flexibility index (Phi) is 4.92. The van der Waals surface area contributed by atoms with Crippen LogP contribution in [0.4, 0.5) is 14.5 Å². The van der Waals surface area contributed by atoms with Gasteiger partial charge in [-0.1, -0.05) is 0 Å². The summed E-state index contributed by atoms with van der Waals surface area (Å²) < 4.78 is 26.1. The lowest BCUT2D eigenvalue weighted by atomic mass is 9.73. The molecule has 1 aliphatic rings. The van der Waals surface area contributed by atoms with Gasteiger partial charge in [-0.3, -0.25) is 14.4 Å². The second-order valence-electron chi connectivity index (χ2n) is 5.53. The Balaban J connectivity index is 1.91. The van der Waals surface area contributed by atoms with Gasteiger partial charge in [0, 0.05) is 18.8 Å². The van der Waals surface area contributed by atoms with E-state index in [4.69, 9.17) is 5.11 Å². The summed E-state index contributed by atoms with van der Waals surface area (Å²) in [7, 11) is 1.38. The lowest BCUT2D eigenvalue weighted by Crippen LogP contribution is -2.46. The maximum Gasteiger partial charge on any atom is 0.307 e. The van der Waals surface area contributed by atoms with Crippen molar-refractivity contribution < 1.29 is 28.3 Å². The van der Waals surface area contributed by atoms with Crippen LogP contribution < -0.4 is 5.32 Å². The zero-order valence-corrected chi connectivity index (χ0v) is 12.4. The number of hydrogen-bond donors (Lipinski definition) is 2. The number of nitrogens with zero attached hydrogens (tertiary/aromatic N) is 1. The van der Waals surface area contributed by atoms with E-state index in [2.05, 4.69) is 5.32 Å². The van der Waals surface area contributed by atoms with Crippen molar-refractivity contribution in [3.63, 3.8) is 0 Å². The van der Waals surface area contributed by atoms with Crippen LogP contribution >= 0.6 is 0 Å². The van der Waals surface area contributed by atoms with Crippen LogP contribution in [0.2, 0.25) is 0 Å². The second-order valence-corrected chi connectivity index (χ2v) is 5.53. The number of rotatable bonds is 5. The van der Waals surface area contributed by atoms with Crippen LogP contribution in [0, 0.1) is 23.5 Å². The number of nitrogens with one attached hydrogen (secondary N) is 1. The molecule has 0 heterocycles. The zero-order chi connectivity index (χ0) is 17.1. The van der Waals surface area contributed by atoms with E-state index in [-0.39, 0.29) is 12.2 Å².